The van der Waals surface area contributed by atoms with E-state index in [4.69, 9.17) is 15.2 Å². The third-order valence-corrected chi connectivity index (χ3v) is 4.00. The number of phenols is 2. The van der Waals surface area contributed by atoms with Crippen molar-refractivity contribution in [1.82, 2.24) is 0 Å². The molecule has 0 aliphatic rings. The van der Waals surface area contributed by atoms with Gasteiger partial charge in [-0.3, -0.25) is 9.59 Å². The molecule has 26 heavy (non-hydrogen) atoms. The van der Waals surface area contributed by atoms with Gasteiger partial charge in [0.05, 0.1) is 0 Å². The Bertz CT molecular complexity index is 616. The van der Waals surface area contributed by atoms with E-state index in [0.29, 0.717) is 17.9 Å². The van der Waals surface area contributed by atoms with E-state index in [1.54, 1.807) is 19.9 Å². The van der Waals surface area contributed by atoms with E-state index in [0.717, 1.165) is 6.42 Å². The first kappa shape index (κ1) is 21.8. The highest BCUT2D eigenvalue weighted by atomic mass is 16.6. The number of nitrogens with two attached hydrogens (primary N) is 1. The predicted molar refractivity (Wildman–Crippen MR) is 96.6 cm³/mol. The Labute approximate surface area is 154 Å². The summed E-state index contributed by atoms with van der Waals surface area (Å²) in [6.07, 6.45) is -0.00764. The number of hydrogen-bond acceptors (Lipinski definition) is 7. The van der Waals surface area contributed by atoms with E-state index in [2.05, 4.69) is 0 Å². The molecule has 3 atom stereocenters. The van der Waals surface area contributed by atoms with E-state index in [-0.39, 0.29) is 23.9 Å². The first-order valence-corrected chi connectivity index (χ1v) is 8.76. The number of phenolic OH excluding ortho intramolecular Hbond substituents is 2. The zero-order valence-corrected chi connectivity index (χ0v) is 15.8. The highest BCUT2D eigenvalue weighted by Gasteiger charge is 2.24. The molecule has 7 heteroatoms. The maximum absolute atomic E-state index is 12.1. The minimum Gasteiger partial charge on any atom is -0.504 e. The minimum atomic E-state index is -0.940. The first-order chi connectivity index (χ1) is 12.1. The van der Waals surface area contributed by atoms with Crippen LogP contribution in [0.4, 0.5) is 0 Å². The SMILES string of the molecule is CC(C)CCC(=O)OC(C)[C@@H](C)OC(=O)[C@@H](N)Cc1ccc(O)c(O)c1. The second-order valence-corrected chi connectivity index (χ2v) is 6.90. The van der Waals surface area contributed by atoms with Crippen molar-refractivity contribution in [2.75, 3.05) is 0 Å². The van der Waals surface area contributed by atoms with Crippen molar-refractivity contribution in [2.45, 2.75) is 65.2 Å². The van der Waals surface area contributed by atoms with Gasteiger partial charge in [-0.1, -0.05) is 19.9 Å². The van der Waals surface area contributed by atoms with Crippen LogP contribution in [0.3, 0.4) is 0 Å². The van der Waals surface area contributed by atoms with Crippen LogP contribution in [0.1, 0.15) is 46.1 Å². The summed E-state index contributed by atoms with van der Waals surface area (Å²) in [5.41, 5.74) is 6.43. The molecule has 1 rings (SSSR count). The van der Waals surface area contributed by atoms with Crippen LogP contribution in [0.5, 0.6) is 11.5 Å². The Balaban J connectivity index is 2.48. The maximum Gasteiger partial charge on any atom is 0.323 e. The van der Waals surface area contributed by atoms with Crippen LogP contribution in [0, 0.1) is 5.92 Å². The van der Waals surface area contributed by atoms with Crippen molar-refractivity contribution < 1.29 is 29.3 Å². The molecule has 1 aromatic rings. The molecule has 1 aromatic carbocycles. The number of rotatable bonds is 9. The minimum absolute atomic E-state index is 0.141. The van der Waals surface area contributed by atoms with Crippen LogP contribution in [-0.4, -0.2) is 40.4 Å². The third-order valence-electron chi connectivity index (χ3n) is 4.00. The topological polar surface area (TPSA) is 119 Å². The summed E-state index contributed by atoms with van der Waals surface area (Å²) in [6, 6.07) is 3.28. The van der Waals surface area contributed by atoms with Crippen molar-refractivity contribution in [3.8, 4) is 11.5 Å². The van der Waals surface area contributed by atoms with Gasteiger partial charge in [0.15, 0.2) is 11.5 Å². The lowest BCUT2D eigenvalue weighted by atomic mass is 10.1. The van der Waals surface area contributed by atoms with E-state index in [1.165, 1.54) is 12.1 Å². The molecule has 0 spiro atoms. The molecule has 0 aliphatic heterocycles. The maximum atomic E-state index is 12.1. The molecule has 0 amide bonds. The highest BCUT2D eigenvalue weighted by molar-refractivity contribution is 5.76. The average molecular weight is 367 g/mol. The fraction of sp³-hybridized carbons (Fsp3) is 0.579. The monoisotopic (exact) mass is 367 g/mol. The molecule has 0 aliphatic carbocycles. The summed E-state index contributed by atoms with van der Waals surface area (Å²) in [4.78, 5) is 23.9. The van der Waals surface area contributed by atoms with Crippen molar-refractivity contribution in [2.24, 2.45) is 11.7 Å². The van der Waals surface area contributed by atoms with E-state index < -0.39 is 24.2 Å². The third kappa shape index (κ3) is 7.31. The van der Waals surface area contributed by atoms with E-state index in [1.807, 2.05) is 13.8 Å². The molecule has 0 radical (unpaired) electrons. The van der Waals surface area contributed by atoms with Crippen molar-refractivity contribution in [1.29, 1.82) is 0 Å². The Morgan fingerprint density at radius 1 is 1.04 bits per heavy atom. The number of hydrogen-bond donors (Lipinski definition) is 3. The number of esters is 2. The molecular formula is C19H29NO6. The fourth-order valence-corrected chi connectivity index (χ4v) is 2.17. The lowest BCUT2D eigenvalue weighted by molar-refractivity contribution is -0.166. The molecule has 0 bridgehead atoms. The van der Waals surface area contributed by atoms with Gasteiger partial charge in [0.1, 0.15) is 18.2 Å². The smallest absolute Gasteiger partial charge is 0.323 e. The van der Waals surface area contributed by atoms with Gasteiger partial charge in [-0.05, 0) is 50.3 Å². The van der Waals surface area contributed by atoms with Gasteiger partial charge >= 0.3 is 11.9 Å². The van der Waals surface area contributed by atoms with Crippen LogP contribution in [-0.2, 0) is 25.5 Å². The molecule has 4 N–H and O–H groups in total. The summed E-state index contributed by atoms with van der Waals surface area (Å²) in [7, 11) is 0. The van der Waals surface area contributed by atoms with Gasteiger partial charge in [-0.25, -0.2) is 0 Å². The summed E-state index contributed by atoms with van der Waals surface area (Å²) < 4.78 is 10.5. The molecule has 0 aromatic heterocycles. The summed E-state index contributed by atoms with van der Waals surface area (Å²) >= 11 is 0. The average Bonchev–Trinajstić information content (AvgIpc) is 2.56. The van der Waals surface area contributed by atoms with Gasteiger partial charge < -0.3 is 25.4 Å². The normalized spacial score (nSPS) is 14.5. The van der Waals surface area contributed by atoms with E-state index in [9.17, 15) is 19.8 Å². The Hall–Kier alpha value is -2.28. The van der Waals surface area contributed by atoms with Crippen LogP contribution in [0.15, 0.2) is 18.2 Å². The molecule has 0 saturated carbocycles. The highest BCUT2D eigenvalue weighted by Crippen LogP contribution is 2.25. The second-order valence-electron chi connectivity index (χ2n) is 6.90. The van der Waals surface area contributed by atoms with Crippen LogP contribution in [0.25, 0.3) is 0 Å². The molecule has 7 nitrogen and oxygen atoms in total. The molecule has 146 valence electrons. The number of carbonyl (C=O) groups is 2. The second kappa shape index (κ2) is 10.0. The van der Waals surface area contributed by atoms with Crippen molar-refractivity contribution in [3.63, 3.8) is 0 Å². The first-order valence-electron chi connectivity index (χ1n) is 8.76. The molecule has 1 unspecified atom stereocenters. The quantitative estimate of drug-likeness (QED) is 0.452. The lowest BCUT2D eigenvalue weighted by Gasteiger charge is -2.22. The summed E-state index contributed by atoms with van der Waals surface area (Å²) in [6.45, 7) is 7.35. The van der Waals surface area contributed by atoms with Gasteiger partial charge in [-0.2, -0.15) is 0 Å². The Kier molecular flexibility index (Phi) is 8.38. The molecule has 0 saturated heterocycles. The molecular weight excluding hydrogens is 338 g/mol. The van der Waals surface area contributed by atoms with E-state index >= 15 is 0 Å². The summed E-state index contributed by atoms with van der Waals surface area (Å²) in [5, 5.41) is 18.8. The van der Waals surface area contributed by atoms with Gasteiger partial charge in [-0.15, -0.1) is 0 Å². The van der Waals surface area contributed by atoms with Crippen LogP contribution >= 0.6 is 0 Å². The van der Waals surface area contributed by atoms with Crippen LogP contribution < -0.4 is 5.73 Å². The Morgan fingerprint density at radius 2 is 1.65 bits per heavy atom. The number of aromatic hydroxyl groups is 2. The zero-order valence-electron chi connectivity index (χ0n) is 15.8. The van der Waals surface area contributed by atoms with Crippen LogP contribution in [0.2, 0.25) is 0 Å². The predicted octanol–water partition coefficient (Wildman–Crippen LogP) is 2.27. The number of ether oxygens (including phenoxy) is 2. The number of carbonyl (C=O) groups excluding carboxylic acids is 2. The zero-order chi connectivity index (χ0) is 19.9. The largest absolute Gasteiger partial charge is 0.504 e. The number of benzene rings is 1. The molecule has 0 fully saturated rings. The molecule has 0 heterocycles. The van der Waals surface area contributed by atoms with Crippen molar-refractivity contribution >= 4 is 11.9 Å². The van der Waals surface area contributed by atoms with Crippen molar-refractivity contribution in [3.05, 3.63) is 23.8 Å². The Morgan fingerprint density at radius 3 is 2.23 bits per heavy atom. The van der Waals surface area contributed by atoms with Gasteiger partial charge in [0.2, 0.25) is 0 Å². The lowest BCUT2D eigenvalue weighted by Crippen LogP contribution is -2.39. The standard InChI is InChI=1S/C19H29NO6/c1-11(2)5-8-18(23)25-12(3)13(4)26-19(24)15(20)9-14-6-7-16(21)17(22)10-14/h6-7,10-13,15,21-22H,5,8-9,20H2,1-4H3/t12?,13-,15+/m1/s1. The van der Waals surface area contributed by atoms with Gasteiger partial charge in [0.25, 0.3) is 0 Å². The fourth-order valence-electron chi connectivity index (χ4n) is 2.17. The van der Waals surface area contributed by atoms with Gasteiger partial charge in [0, 0.05) is 6.42 Å². The summed E-state index contributed by atoms with van der Waals surface area (Å²) in [5.74, 6) is -1.07.